The lowest BCUT2D eigenvalue weighted by Crippen LogP contribution is -2.25. The van der Waals surface area contributed by atoms with Crippen molar-refractivity contribution in [3.8, 4) is 11.4 Å². The molecule has 9 aromatic rings. The van der Waals surface area contributed by atoms with E-state index in [-0.39, 0.29) is 22.2 Å². The Kier molecular flexibility index (Phi) is 8.16. The molecule has 9 rings (SSSR count). The van der Waals surface area contributed by atoms with Crippen LogP contribution in [0.15, 0.2) is 129 Å². The van der Waals surface area contributed by atoms with Crippen LogP contribution in [0.5, 0.6) is 0 Å². The average Bonchev–Trinajstić information content (AvgIpc) is 3.52. The van der Waals surface area contributed by atoms with Crippen molar-refractivity contribution >= 4 is 105 Å². The lowest BCUT2D eigenvalue weighted by atomic mass is 9.99. The van der Waals surface area contributed by atoms with Crippen LogP contribution >= 0.6 is 31.9 Å². The topological polar surface area (TPSA) is 78.1 Å². The van der Waals surface area contributed by atoms with E-state index < -0.39 is 0 Å². The van der Waals surface area contributed by atoms with E-state index in [0.717, 1.165) is 85.4 Å². The highest BCUT2D eigenvalue weighted by atomic mass is 79.9. The smallest absolute Gasteiger partial charge is 0.266 e. The summed E-state index contributed by atoms with van der Waals surface area (Å²) in [5, 5.41) is 8.73. The first kappa shape index (κ1) is 35.7. The number of nitrogens with zero attached hydrogens (tertiary/aromatic N) is 2. The molecule has 0 spiro atoms. The second-order valence-electron chi connectivity index (χ2n) is 14.7. The van der Waals surface area contributed by atoms with Gasteiger partial charge in [-0.15, -0.1) is 0 Å². The summed E-state index contributed by atoms with van der Waals surface area (Å²) in [6.45, 7) is 15.5. The lowest BCUT2D eigenvalue weighted by Gasteiger charge is -2.12. The van der Waals surface area contributed by atoms with Crippen LogP contribution in [0.25, 0.3) is 85.0 Å². The minimum Gasteiger partial charge on any atom is -0.268 e. The van der Waals surface area contributed by atoms with Crippen LogP contribution in [0.2, 0.25) is 0 Å². The summed E-state index contributed by atoms with van der Waals surface area (Å²) in [5.74, 6) is 0. The van der Waals surface area contributed by atoms with Crippen molar-refractivity contribution in [2.75, 3.05) is 0 Å². The van der Waals surface area contributed by atoms with Crippen LogP contribution in [0.1, 0.15) is 33.4 Å². The Hall–Kier alpha value is -5.96. The van der Waals surface area contributed by atoms with Gasteiger partial charge in [-0.3, -0.25) is 19.2 Å². The highest BCUT2D eigenvalue weighted by Crippen LogP contribution is 2.32. The Morgan fingerprint density at radius 1 is 0.393 bits per heavy atom. The van der Waals surface area contributed by atoms with E-state index in [9.17, 15) is 19.2 Å². The zero-order valence-corrected chi connectivity index (χ0v) is 34.1. The normalized spacial score (nSPS) is 11.8. The maximum Gasteiger partial charge on any atom is 0.266 e. The molecule has 0 aliphatic heterocycles. The number of aromatic nitrogens is 2. The van der Waals surface area contributed by atoms with Crippen molar-refractivity contribution in [3.05, 3.63) is 185 Å². The third-order valence-corrected chi connectivity index (χ3v) is 11.9. The number of rotatable bonds is 4. The lowest BCUT2D eigenvalue weighted by molar-refractivity contribution is 0.964. The molecule has 2 aromatic heterocycles. The molecule has 0 fully saturated rings. The second-order valence-corrected chi connectivity index (χ2v) is 16.7. The molecule has 0 atom stereocenters. The molecule has 8 heteroatoms. The molecule has 6 nitrogen and oxygen atoms in total. The van der Waals surface area contributed by atoms with Gasteiger partial charge in [-0.25, -0.2) is 9.13 Å². The molecular weight excluding hydrogens is 828 g/mol. The van der Waals surface area contributed by atoms with Gasteiger partial charge in [-0.1, -0.05) is 69.3 Å². The SMILES string of the molecule is C=C(Br)c1cc(C)c(-n2c(=O)c3cc4cc5ccc6cc7cc8c(=O)n(-c9c(C)cc(C(=C)Br)cc9C)c(=O)c8cc7cc6ccc5cc4cc3c2=O)c(C)c1. The van der Waals surface area contributed by atoms with E-state index in [1.807, 2.05) is 125 Å². The van der Waals surface area contributed by atoms with Gasteiger partial charge in [0.05, 0.1) is 32.9 Å². The van der Waals surface area contributed by atoms with Gasteiger partial charge >= 0.3 is 0 Å². The summed E-state index contributed by atoms with van der Waals surface area (Å²) < 4.78 is 4.05. The molecule has 0 aliphatic carbocycles. The minimum absolute atomic E-state index is 0.342. The molecule has 0 amide bonds. The van der Waals surface area contributed by atoms with E-state index in [4.69, 9.17) is 0 Å². The van der Waals surface area contributed by atoms with Crippen LogP contribution in [-0.2, 0) is 0 Å². The van der Waals surface area contributed by atoms with Gasteiger partial charge < -0.3 is 0 Å². The molecule has 0 N–H and O–H groups in total. The predicted octanol–water partition coefficient (Wildman–Crippen LogP) is 11.0. The van der Waals surface area contributed by atoms with Crippen LogP contribution in [0.4, 0.5) is 0 Å². The first-order valence-electron chi connectivity index (χ1n) is 18.0. The highest BCUT2D eigenvalue weighted by molar-refractivity contribution is 9.15. The third-order valence-electron chi connectivity index (χ3n) is 11.0. The fraction of sp³-hybridized carbons (Fsp3) is 0.0833. The summed E-state index contributed by atoms with van der Waals surface area (Å²) in [6.07, 6.45) is 0. The van der Waals surface area contributed by atoms with Gasteiger partial charge in [0.25, 0.3) is 22.2 Å². The van der Waals surface area contributed by atoms with Crippen LogP contribution in [0.3, 0.4) is 0 Å². The molecular formula is C48H32Br2N2O4. The first-order chi connectivity index (χ1) is 26.7. The minimum atomic E-state index is -0.342. The highest BCUT2D eigenvalue weighted by Gasteiger charge is 2.21. The molecule has 0 bridgehead atoms. The summed E-state index contributed by atoms with van der Waals surface area (Å²) in [5.41, 5.74) is 4.84. The number of hydrogen-bond donors (Lipinski definition) is 0. The van der Waals surface area contributed by atoms with Gasteiger partial charge in [0.1, 0.15) is 0 Å². The van der Waals surface area contributed by atoms with Crippen molar-refractivity contribution < 1.29 is 0 Å². The van der Waals surface area contributed by atoms with Crippen molar-refractivity contribution in [1.29, 1.82) is 0 Å². The summed E-state index contributed by atoms with van der Waals surface area (Å²) >= 11 is 6.88. The first-order valence-corrected chi connectivity index (χ1v) is 19.6. The Bertz CT molecular complexity index is 3120. The van der Waals surface area contributed by atoms with Gasteiger partial charge in [-0.2, -0.15) is 0 Å². The quantitative estimate of drug-likeness (QED) is 0.177. The molecule has 272 valence electrons. The van der Waals surface area contributed by atoms with Crippen molar-refractivity contribution in [1.82, 2.24) is 9.13 Å². The molecule has 2 heterocycles. The summed E-state index contributed by atoms with van der Waals surface area (Å²) in [4.78, 5) is 55.5. The largest absolute Gasteiger partial charge is 0.268 e. The zero-order chi connectivity index (χ0) is 39.5. The summed E-state index contributed by atoms with van der Waals surface area (Å²) in [6, 6.07) is 31.3. The predicted molar refractivity (Wildman–Crippen MR) is 241 cm³/mol. The maximum atomic E-state index is 13.9. The number of hydrogen-bond acceptors (Lipinski definition) is 4. The van der Waals surface area contributed by atoms with E-state index in [1.54, 1.807) is 0 Å². The Labute approximate surface area is 336 Å². The van der Waals surface area contributed by atoms with Crippen molar-refractivity contribution in [2.24, 2.45) is 0 Å². The van der Waals surface area contributed by atoms with E-state index in [0.29, 0.717) is 32.9 Å². The molecule has 0 aliphatic rings. The number of benzene rings is 6. The standard InChI is InChI=1S/C48H32Br2N2O4/c1-23-11-33(27(5)49)12-24(2)43(23)51-45(53)39-19-35-15-29-7-9-31-17-37-21-41-42(48(56)52(47(41)55)44-25(3)13-34(28(6)50)14-26(44)4)22-38(37)18-32(31)10-8-30(29)16-36(35)20-40(39)46(51)54/h7-22H,5-6H2,1-4H3. The maximum absolute atomic E-state index is 13.9. The van der Waals surface area contributed by atoms with E-state index in [2.05, 4.69) is 45.0 Å². The van der Waals surface area contributed by atoms with Crippen LogP contribution < -0.4 is 22.2 Å². The van der Waals surface area contributed by atoms with E-state index >= 15 is 0 Å². The number of aryl methyl sites for hydroxylation is 4. The molecule has 0 saturated heterocycles. The molecule has 0 unspecified atom stereocenters. The van der Waals surface area contributed by atoms with Crippen LogP contribution in [0, 0.1) is 27.7 Å². The Morgan fingerprint density at radius 2 is 0.625 bits per heavy atom. The average molecular weight is 861 g/mol. The van der Waals surface area contributed by atoms with Gasteiger partial charge in [0.2, 0.25) is 0 Å². The van der Waals surface area contributed by atoms with Gasteiger partial charge in [0, 0.05) is 8.96 Å². The van der Waals surface area contributed by atoms with Crippen molar-refractivity contribution in [3.63, 3.8) is 0 Å². The molecule has 56 heavy (non-hydrogen) atoms. The monoisotopic (exact) mass is 858 g/mol. The van der Waals surface area contributed by atoms with E-state index in [1.165, 1.54) is 9.13 Å². The number of halogens is 2. The van der Waals surface area contributed by atoms with Crippen LogP contribution in [-0.4, -0.2) is 9.13 Å². The second kappa shape index (κ2) is 12.8. The fourth-order valence-corrected chi connectivity index (χ4v) is 8.87. The van der Waals surface area contributed by atoms with Gasteiger partial charge in [0.15, 0.2) is 0 Å². The third kappa shape index (κ3) is 5.42. The summed E-state index contributed by atoms with van der Waals surface area (Å²) in [7, 11) is 0. The zero-order valence-electron chi connectivity index (χ0n) is 30.9. The molecule has 7 aromatic carbocycles. The van der Waals surface area contributed by atoms with Crippen molar-refractivity contribution in [2.45, 2.75) is 27.7 Å². The van der Waals surface area contributed by atoms with Gasteiger partial charge in [-0.05, 0) is 177 Å². The Balaban J connectivity index is 1.19. The number of fused-ring (bicyclic) bond motifs is 6. The Morgan fingerprint density at radius 3 is 0.839 bits per heavy atom. The molecule has 0 saturated carbocycles. The molecule has 0 radical (unpaired) electrons. The fourth-order valence-electron chi connectivity index (χ4n) is 8.42.